The van der Waals surface area contributed by atoms with Crippen LogP contribution in [0.25, 0.3) is 0 Å². The van der Waals surface area contributed by atoms with Crippen LogP contribution in [-0.4, -0.2) is 140 Å². The largest absolute Gasteiger partial charge is 0.479 e. The van der Waals surface area contributed by atoms with E-state index in [1.807, 2.05) is 0 Å². The van der Waals surface area contributed by atoms with Crippen molar-refractivity contribution in [1.82, 2.24) is 0 Å². The fourth-order valence-corrected chi connectivity index (χ4v) is 5.09. The van der Waals surface area contributed by atoms with Gasteiger partial charge >= 0.3 is 17.9 Å². The molecule has 2 aliphatic heterocycles. The van der Waals surface area contributed by atoms with E-state index in [2.05, 4.69) is 0 Å². The number of carbonyl (C=O) groups is 5. The zero-order chi connectivity index (χ0) is 33.2. The topological polar surface area (TPSA) is 273 Å². The van der Waals surface area contributed by atoms with Gasteiger partial charge in [-0.2, -0.15) is 0 Å². The second kappa shape index (κ2) is 14.0. The summed E-state index contributed by atoms with van der Waals surface area (Å²) in [4.78, 5) is 59.5. The molecule has 2 aliphatic rings. The molecule has 0 aliphatic carbocycles. The lowest BCUT2D eigenvalue weighted by Crippen LogP contribution is -2.64. The van der Waals surface area contributed by atoms with Crippen molar-refractivity contribution in [2.24, 2.45) is 16.7 Å². The van der Waals surface area contributed by atoms with E-state index in [0.717, 1.165) is 0 Å². The third-order valence-electron chi connectivity index (χ3n) is 7.18. The highest BCUT2D eigenvalue weighted by molar-refractivity contribution is 5.79. The Kier molecular flexibility index (Phi) is 11.9. The van der Waals surface area contributed by atoms with Crippen LogP contribution in [0.1, 0.15) is 41.5 Å². The van der Waals surface area contributed by atoms with Crippen molar-refractivity contribution >= 4 is 30.5 Å². The van der Waals surface area contributed by atoms with Gasteiger partial charge in [-0.1, -0.05) is 41.5 Å². The van der Waals surface area contributed by atoms with Crippen LogP contribution in [0.5, 0.6) is 0 Å². The maximum atomic E-state index is 12.0. The van der Waals surface area contributed by atoms with Gasteiger partial charge in [-0.3, -0.25) is 4.79 Å². The second-order valence-electron chi connectivity index (χ2n) is 12.5. The van der Waals surface area contributed by atoms with Gasteiger partial charge in [0.05, 0.1) is 12.2 Å². The van der Waals surface area contributed by atoms with Crippen LogP contribution in [0.15, 0.2) is 0 Å². The normalized spacial score (nSPS) is 35.8. The van der Waals surface area contributed by atoms with Crippen LogP contribution in [0.2, 0.25) is 0 Å². The molecule has 2 rings (SSSR count). The Hall–Kier alpha value is -2.61. The van der Waals surface area contributed by atoms with Gasteiger partial charge in [0.1, 0.15) is 24.4 Å². The molecule has 246 valence electrons. The predicted octanol–water partition coefficient (Wildman–Crippen LogP) is -2.24. The zero-order valence-corrected chi connectivity index (χ0v) is 24.4. The lowest BCUT2D eigenvalue weighted by atomic mass is 9.71. The van der Waals surface area contributed by atoms with Crippen molar-refractivity contribution in [1.29, 1.82) is 0 Å². The monoisotopic (exact) mass is 624 g/mol. The SMILES string of the molecule is CC(C)(C)[C@H]1C(C(=O)O)O[C@H](OC(C=O)C(OC(C=O)O[C@H]2C(C(=O)O)O[C@H](C(C)(C)C)[C@H](O)C2O)C(=O)O)[C@H](O)C1O. The van der Waals surface area contributed by atoms with Crippen molar-refractivity contribution < 1.29 is 83.4 Å². The number of aliphatic hydroxyl groups is 4. The number of rotatable bonds is 12. The lowest BCUT2D eigenvalue weighted by molar-refractivity contribution is -0.314. The molecule has 17 nitrogen and oxygen atoms in total. The molecule has 0 aromatic rings. The van der Waals surface area contributed by atoms with Crippen LogP contribution in [0.4, 0.5) is 0 Å². The van der Waals surface area contributed by atoms with Crippen LogP contribution in [0, 0.1) is 16.7 Å². The smallest absolute Gasteiger partial charge is 0.336 e. The standard InChI is InChI=1S/C26H40O17/c1-25(2,3)11-12(29)15(32)24(43-17(11)22(35)36)39-9(7-27)16(21(33)34)40-10(8-28)41-18-13(30)14(31)20(26(4,5)6)42-19(18)23(37)38/h7-20,24,29-32H,1-6H3,(H,33,34)(H,35,36)(H,37,38)/t9?,10?,11-,12?,13?,14-,15-,16?,17?,18-,19?,20+,24+/m1/s1. The number of carboxylic acids is 3. The first-order valence-electron chi connectivity index (χ1n) is 13.3. The molecule has 0 radical (unpaired) electrons. The summed E-state index contributed by atoms with van der Waals surface area (Å²) in [5.41, 5.74) is -1.75. The number of aldehydes is 2. The highest BCUT2D eigenvalue weighted by Gasteiger charge is 2.55. The maximum absolute atomic E-state index is 12.0. The molecule has 43 heavy (non-hydrogen) atoms. The van der Waals surface area contributed by atoms with E-state index in [1.54, 1.807) is 41.5 Å². The van der Waals surface area contributed by atoms with E-state index in [1.165, 1.54) is 0 Å². The lowest BCUT2D eigenvalue weighted by Gasteiger charge is -2.47. The van der Waals surface area contributed by atoms with Gasteiger partial charge in [-0.05, 0) is 10.8 Å². The van der Waals surface area contributed by atoms with E-state index in [9.17, 15) is 59.7 Å². The minimum atomic E-state index is -2.42. The number of hydrogen-bond donors (Lipinski definition) is 7. The molecule has 7 unspecified atom stereocenters. The Labute approximate surface area is 246 Å². The Balaban J connectivity index is 2.29. The van der Waals surface area contributed by atoms with Gasteiger partial charge in [-0.25, -0.2) is 14.4 Å². The molecule has 0 amide bonds. The van der Waals surface area contributed by atoms with Crippen LogP contribution in [-0.2, 0) is 47.7 Å². The number of aliphatic carboxylic acids is 3. The van der Waals surface area contributed by atoms with E-state index in [4.69, 9.17) is 23.7 Å². The Morgan fingerprint density at radius 2 is 1.28 bits per heavy atom. The molecule has 0 saturated carbocycles. The van der Waals surface area contributed by atoms with Gasteiger partial charge in [0, 0.05) is 5.92 Å². The summed E-state index contributed by atoms with van der Waals surface area (Å²) in [7, 11) is 0. The van der Waals surface area contributed by atoms with Gasteiger partial charge < -0.3 is 64.2 Å². The number of aliphatic hydroxyl groups excluding tert-OH is 4. The zero-order valence-electron chi connectivity index (χ0n) is 24.4. The number of carboxylic acid groups (broad SMARTS) is 3. The summed E-state index contributed by atoms with van der Waals surface area (Å²) in [5.74, 6) is -6.28. The van der Waals surface area contributed by atoms with E-state index in [-0.39, 0.29) is 12.6 Å². The van der Waals surface area contributed by atoms with E-state index in [0.29, 0.717) is 0 Å². The second-order valence-corrected chi connectivity index (χ2v) is 12.5. The van der Waals surface area contributed by atoms with Gasteiger partial charge in [0.15, 0.2) is 43.3 Å². The quantitative estimate of drug-likeness (QED) is 0.0893. The summed E-state index contributed by atoms with van der Waals surface area (Å²) < 4.78 is 26.3. The molecular weight excluding hydrogens is 584 g/mol. The Morgan fingerprint density at radius 3 is 1.70 bits per heavy atom. The summed E-state index contributed by atoms with van der Waals surface area (Å²) in [5, 5.41) is 71.5. The molecule has 2 heterocycles. The Bertz CT molecular complexity index is 1020. The maximum Gasteiger partial charge on any atom is 0.336 e. The van der Waals surface area contributed by atoms with Crippen molar-refractivity contribution in [2.45, 2.75) is 115 Å². The summed E-state index contributed by atoms with van der Waals surface area (Å²) >= 11 is 0. The first-order valence-corrected chi connectivity index (χ1v) is 13.3. The number of ether oxygens (including phenoxy) is 5. The van der Waals surface area contributed by atoms with Crippen molar-refractivity contribution in [2.75, 3.05) is 0 Å². The average Bonchev–Trinajstić information content (AvgIpc) is 2.87. The van der Waals surface area contributed by atoms with Crippen molar-refractivity contribution in [3.8, 4) is 0 Å². The first kappa shape index (κ1) is 36.6. The molecule has 13 atom stereocenters. The summed E-state index contributed by atoms with van der Waals surface area (Å²) in [6.45, 7) is 9.58. The predicted molar refractivity (Wildman–Crippen MR) is 137 cm³/mol. The van der Waals surface area contributed by atoms with E-state index >= 15 is 0 Å². The molecule has 0 spiro atoms. The molecule has 7 N–H and O–H groups in total. The van der Waals surface area contributed by atoms with Crippen molar-refractivity contribution in [3.05, 3.63) is 0 Å². The molecule has 2 saturated heterocycles. The Morgan fingerprint density at radius 1 is 0.721 bits per heavy atom. The third-order valence-corrected chi connectivity index (χ3v) is 7.18. The fraction of sp³-hybridized carbons (Fsp3) is 0.808. The summed E-state index contributed by atoms with van der Waals surface area (Å²) in [6, 6.07) is 0. The molecule has 0 aromatic carbocycles. The van der Waals surface area contributed by atoms with E-state index < -0.39 is 108 Å². The minimum absolute atomic E-state index is 0.120. The highest BCUT2D eigenvalue weighted by Crippen LogP contribution is 2.40. The van der Waals surface area contributed by atoms with Crippen LogP contribution in [0.3, 0.4) is 0 Å². The van der Waals surface area contributed by atoms with Gasteiger partial charge in [0.25, 0.3) is 0 Å². The van der Waals surface area contributed by atoms with Crippen LogP contribution >= 0.6 is 0 Å². The van der Waals surface area contributed by atoms with Crippen molar-refractivity contribution in [3.63, 3.8) is 0 Å². The molecule has 0 bridgehead atoms. The molecule has 0 aromatic heterocycles. The average molecular weight is 625 g/mol. The molecular formula is C26H40O17. The van der Waals surface area contributed by atoms with Crippen LogP contribution < -0.4 is 0 Å². The molecule has 17 heteroatoms. The minimum Gasteiger partial charge on any atom is -0.479 e. The fourth-order valence-electron chi connectivity index (χ4n) is 5.09. The summed E-state index contributed by atoms with van der Waals surface area (Å²) in [6.07, 6.45) is -23.5. The van der Waals surface area contributed by atoms with Gasteiger partial charge in [0.2, 0.25) is 6.29 Å². The first-order chi connectivity index (χ1) is 19.7. The highest BCUT2D eigenvalue weighted by atomic mass is 16.7. The molecule has 2 fully saturated rings. The van der Waals surface area contributed by atoms with Gasteiger partial charge in [-0.15, -0.1) is 0 Å². The third kappa shape index (κ3) is 8.31. The number of carbonyl (C=O) groups excluding carboxylic acids is 2. The number of hydrogen-bond acceptors (Lipinski definition) is 14.